The largest absolute Gasteiger partial charge is 0.349 e. The molecule has 1 aliphatic rings. The third kappa shape index (κ3) is 4.60. The van der Waals surface area contributed by atoms with Gasteiger partial charge in [0.2, 0.25) is 5.95 Å². The fourth-order valence-corrected chi connectivity index (χ4v) is 3.66. The molecule has 1 aliphatic heterocycles. The van der Waals surface area contributed by atoms with Gasteiger partial charge in [-0.3, -0.25) is 14.9 Å². The maximum Gasteiger partial charge on any atom is 0.271 e. The molecule has 0 unspecified atom stereocenters. The third-order valence-electron chi connectivity index (χ3n) is 4.46. The van der Waals surface area contributed by atoms with Crippen molar-refractivity contribution >= 4 is 27.4 Å². The molecule has 0 bridgehead atoms. The van der Waals surface area contributed by atoms with Crippen molar-refractivity contribution in [2.24, 2.45) is 0 Å². The van der Waals surface area contributed by atoms with Gasteiger partial charge in [0.1, 0.15) is 0 Å². The second-order valence-corrected chi connectivity index (χ2v) is 8.54. The lowest BCUT2D eigenvalue weighted by molar-refractivity contribution is -0.385. The predicted octanol–water partition coefficient (Wildman–Crippen LogP) is 1.19. The van der Waals surface area contributed by atoms with Gasteiger partial charge in [0.15, 0.2) is 9.84 Å². The molecule has 1 fully saturated rings. The van der Waals surface area contributed by atoms with E-state index in [0.717, 1.165) is 24.5 Å². The summed E-state index contributed by atoms with van der Waals surface area (Å²) in [6, 6.07) is 4.79. The van der Waals surface area contributed by atoms with E-state index in [0.29, 0.717) is 31.9 Å². The number of sulfone groups is 1. The van der Waals surface area contributed by atoms with Crippen molar-refractivity contribution < 1.29 is 18.1 Å². The molecule has 2 aromatic rings. The van der Waals surface area contributed by atoms with Crippen LogP contribution in [-0.2, 0) is 9.84 Å². The summed E-state index contributed by atoms with van der Waals surface area (Å²) >= 11 is 0. The van der Waals surface area contributed by atoms with Crippen molar-refractivity contribution in [2.45, 2.75) is 23.8 Å². The molecular weight excluding hydrogens is 386 g/mol. The van der Waals surface area contributed by atoms with Crippen molar-refractivity contribution in [1.82, 2.24) is 15.3 Å². The minimum atomic E-state index is -3.69. The van der Waals surface area contributed by atoms with E-state index >= 15 is 0 Å². The summed E-state index contributed by atoms with van der Waals surface area (Å²) in [5.74, 6) is 0.0896. The zero-order valence-corrected chi connectivity index (χ0v) is 15.9. The van der Waals surface area contributed by atoms with Crippen LogP contribution in [0.4, 0.5) is 11.6 Å². The maximum atomic E-state index is 12.6. The molecule has 1 aromatic heterocycles. The van der Waals surface area contributed by atoms with Crippen LogP contribution < -0.4 is 10.2 Å². The minimum Gasteiger partial charge on any atom is -0.349 e. The van der Waals surface area contributed by atoms with Gasteiger partial charge < -0.3 is 10.2 Å². The average Bonchev–Trinajstić information content (AvgIpc) is 2.68. The summed E-state index contributed by atoms with van der Waals surface area (Å²) < 4.78 is 23.5. The Kier molecular flexibility index (Phi) is 5.54. The van der Waals surface area contributed by atoms with Crippen molar-refractivity contribution in [2.75, 3.05) is 24.2 Å². The summed E-state index contributed by atoms with van der Waals surface area (Å²) in [5.41, 5.74) is -0.493. The normalized spacial score (nSPS) is 15.2. The molecule has 0 radical (unpaired) electrons. The van der Waals surface area contributed by atoms with Gasteiger partial charge in [0, 0.05) is 55.5 Å². The standard InChI is InChI=1S/C17H19N5O5S/c1-28(26,27)15-10-12(9-14(11-15)22(24)25)16(23)20-13-3-7-21(8-4-13)17-18-5-2-6-19-17/h2,5-6,9-11,13H,3-4,7-8H2,1H3,(H,20,23). The maximum absolute atomic E-state index is 12.6. The SMILES string of the molecule is CS(=O)(=O)c1cc(C(=O)NC2CCN(c3ncccn3)CC2)cc([N+](=O)[O-])c1. The fraction of sp³-hybridized carbons (Fsp3) is 0.353. The lowest BCUT2D eigenvalue weighted by Crippen LogP contribution is -2.45. The molecule has 1 amide bonds. The first kappa shape index (κ1) is 19.7. The number of anilines is 1. The minimum absolute atomic E-state index is 0.0524. The number of aromatic nitrogens is 2. The molecule has 0 saturated carbocycles. The van der Waals surface area contributed by atoms with Gasteiger partial charge in [-0.05, 0) is 25.0 Å². The van der Waals surface area contributed by atoms with Gasteiger partial charge >= 0.3 is 0 Å². The number of carbonyl (C=O) groups is 1. The highest BCUT2D eigenvalue weighted by Crippen LogP contribution is 2.22. The smallest absolute Gasteiger partial charge is 0.271 e. The van der Waals surface area contributed by atoms with E-state index in [1.165, 1.54) is 0 Å². The number of benzene rings is 1. The van der Waals surface area contributed by atoms with Crippen LogP contribution in [0.3, 0.4) is 0 Å². The molecule has 1 saturated heterocycles. The highest BCUT2D eigenvalue weighted by molar-refractivity contribution is 7.90. The van der Waals surface area contributed by atoms with Crippen molar-refractivity contribution in [1.29, 1.82) is 0 Å². The highest BCUT2D eigenvalue weighted by Gasteiger charge is 2.24. The zero-order chi connectivity index (χ0) is 20.3. The van der Waals surface area contributed by atoms with Crippen LogP contribution in [0.5, 0.6) is 0 Å². The van der Waals surface area contributed by atoms with E-state index < -0.39 is 26.4 Å². The Morgan fingerprint density at radius 1 is 1.21 bits per heavy atom. The van der Waals surface area contributed by atoms with Gasteiger partial charge in [0.25, 0.3) is 11.6 Å². The van der Waals surface area contributed by atoms with Crippen molar-refractivity contribution in [3.8, 4) is 0 Å². The predicted molar refractivity (Wildman–Crippen MR) is 101 cm³/mol. The Bertz CT molecular complexity index is 988. The van der Waals surface area contributed by atoms with E-state index in [1.54, 1.807) is 18.5 Å². The van der Waals surface area contributed by atoms with Gasteiger partial charge in [0.05, 0.1) is 9.82 Å². The summed E-state index contributed by atoms with van der Waals surface area (Å²) in [5, 5.41) is 13.9. The zero-order valence-electron chi connectivity index (χ0n) is 15.1. The summed E-state index contributed by atoms with van der Waals surface area (Å²) in [7, 11) is -3.69. The average molecular weight is 405 g/mol. The number of hydrogen-bond donors (Lipinski definition) is 1. The quantitative estimate of drug-likeness (QED) is 0.579. The second kappa shape index (κ2) is 7.89. The number of amides is 1. The van der Waals surface area contributed by atoms with E-state index in [4.69, 9.17) is 0 Å². The number of piperidine rings is 1. The Morgan fingerprint density at radius 3 is 2.43 bits per heavy atom. The molecule has 1 aromatic carbocycles. The number of nitrogens with zero attached hydrogens (tertiary/aromatic N) is 4. The van der Waals surface area contributed by atoms with Crippen LogP contribution in [0.25, 0.3) is 0 Å². The monoisotopic (exact) mass is 405 g/mol. The molecule has 0 aliphatic carbocycles. The Balaban J connectivity index is 1.70. The number of carbonyl (C=O) groups excluding carboxylic acids is 1. The van der Waals surface area contributed by atoms with Crippen LogP contribution in [-0.4, -0.2) is 54.6 Å². The number of nitrogens with one attached hydrogen (secondary N) is 1. The van der Waals surface area contributed by atoms with E-state index in [2.05, 4.69) is 15.3 Å². The number of nitro groups is 1. The third-order valence-corrected chi connectivity index (χ3v) is 5.55. The first-order chi connectivity index (χ1) is 13.2. The molecule has 0 atom stereocenters. The van der Waals surface area contributed by atoms with Crippen molar-refractivity contribution in [3.05, 3.63) is 52.3 Å². The first-order valence-electron chi connectivity index (χ1n) is 8.56. The molecule has 2 heterocycles. The lowest BCUT2D eigenvalue weighted by Gasteiger charge is -2.32. The summed E-state index contributed by atoms with van der Waals surface area (Å²) in [6.45, 7) is 1.30. The molecule has 10 nitrogen and oxygen atoms in total. The molecular formula is C17H19N5O5S. The number of non-ortho nitro benzene ring substituents is 1. The second-order valence-electron chi connectivity index (χ2n) is 6.53. The van der Waals surface area contributed by atoms with Gasteiger partial charge in [-0.25, -0.2) is 18.4 Å². The number of nitro benzene ring substituents is 1. The van der Waals surface area contributed by atoms with Crippen LogP contribution in [0.2, 0.25) is 0 Å². The molecule has 11 heteroatoms. The first-order valence-corrected chi connectivity index (χ1v) is 10.5. The van der Waals surface area contributed by atoms with E-state index in [9.17, 15) is 23.3 Å². The van der Waals surface area contributed by atoms with Crippen LogP contribution in [0.1, 0.15) is 23.2 Å². The summed E-state index contributed by atoms with van der Waals surface area (Å²) in [6.07, 6.45) is 5.57. The van der Waals surface area contributed by atoms with Gasteiger partial charge in [-0.1, -0.05) is 0 Å². The number of hydrogen-bond acceptors (Lipinski definition) is 8. The Morgan fingerprint density at radius 2 is 1.86 bits per heavy atom. The molecule has 1 N–H and O–H groups in total. The van der Waals surface area contributed by atoms with E-state index in [-0.39, 0.29) is 16.5 Å². The van der Waals surface area contributed by atoms with Gasteiger partial charge in [-0.2, -0.15) is 0 Å². The molecule has 0 spiro atoms. The lowest BCUT2D eigenvalue weighted by atomic mass is 10.0. The molecule has 148 valence electrons. The number of rotatable bonds is 5. The van der Waals surface area contributed by atoms with Gasteiger partial charge in [-0.15, -0.1) is 0 Å². The van der Waals surface area contributed by atoms with Crippen LogP contribution in [0.15, 0.2) is 41.6 Å². The fourth-order valence-electron chi connectivity index (χ4n) is 2.98. The Labute approximate surface area is 161 Å². The van der Waals surface area contributed by atoms with Crippen LogP contribution in [0, 0.1) is 10.1 Å². The Hall–Kier alpha value is -3.08. The molecule has 3 rings (SSSR count). The van der Waals surface area contributed by atoms with Crippen molar-refractivity contribution in [3.63, 3.8) is 0 Å². The molecule has 28 heavy (non-hydrogen) atoms. The van der Waals surface area contributed by atoms with Crippen LogP contribution >= 0.6 is 0 Å². The summed E-state index contributed by atoms with van der Waals surface area (Å²) in [4.78, 5) is 33.1. The topological polar surface area (TPSA) is 135 Å². The highest BCUT2D eigenvalue weighted by atomic mass is 32.2. The van der Waals surface area contributed by atoms with E-state index in [1.807, 2.05) is 4.90 Å².